The summed E-state index contributed by atoms with van der Waals surface area (Å²) in [6, 6.07) is 1.47. The van der Waals surface area contributed by atoms with E-state index in [4.69, 9.17) is 0 Å². The van der Waals surface area contributed by atoms with E-state index in [2.05, 4.69) is 20.6 Å². The van der Waals surface area contributed by atoms with Crippen molar-refractivity contribution in [3.63, 3.8) is 0 Å². The Kier molecular flexibility index (Phi) is 2.63. The van der Waals surface area contributed by atoms with Crippen LogP contribution in [0, 0.1) is 0 Å². The lowest BCUT2D eigenvalue weighted by atomic mass is 10.3. The van der Waals surface area contributed by atoms with Crippen LogP contribution in [0.2, 0.25) is 0 Å². The molecule has 1 aromatic heterocycles. The van der Waals surface area contributed by atoms with Gasteiger partial charge in [0.1, 0.15) is 11.6 Å². The molecular formula is C10H13F3N4. The quantitative estimate of drug-likeness (QED) is 0.860. The van der Waals surface area contributed by atoms with Gasteiger partial charge in [0.15, 0.2) is 0 Å². The topological polar surface area (TPSA) is 49.8 Å². The number of anilines is 2. The van der Waals surface area contributed by atoms with Crippen molar-refractivity contribution in [2.75, 3.05) is 17.7 Å². The Balaban J connectivity index is 2.31. The van der Waals surface area contributed by atoms with Crippen molar-refractivity contribution in [2.24, 2.45) is 0 Å². The van der Waals surface area contributed by atoms with Gasteiger partial charge in [0.05, 0.1) is 0 Å². The number of hydrogen-bond acceptors (Lipinski definition) is 4. The lowest BCUT2D eigenvalue weighted by Crippen LogP contribution is -2.20. The van der Waals surface area contributed by atoms with Gasteiger partial charge in [-0.15, -0.1) is 0 Å². The maximum absolute atomic E-state index is 12.6. The summed E-state index contributed by atoms with van der Waals surface area (Å²) in [5.74, 6) is -0.771. The van der Waals surface area contributed by atoms with Gasteiger partial charge in [-0.05, 0) is 19.8 Å². The van der Waals surface area contributed by atoms with Crippen LogP contribution in [0.15, 0.2) is 6.07 Å². The molecule has 0 atom stereocenters. The summed E-state index contributed by atoms with van der Waals surface area (Å²) in [4.78, 5) is 6.88. The summed E-state index contributed by atoms with van der Waals surface area (Å²) in [5.41, 5.74) is -0.123. The molecule has 2 rings (SSSR count). The molecular weight excluding hydrogens is 233 g/mol. The second kappa shape index (κ2) is 3.75. The first-order chi connectivity index (χ1) is 7.82. The fourth-order valence-corrected chi connectivity index (χ4v) is 1.39. The molecule has 0 bridgehead atoms. The number of alkyl halides is 3. The minimum atomic E-state index is -4.53. The number of aromatic nitrogens is 2. The van der Waals surface area contributed by atoms with Crippen LogP contribution in [-0.2, 0) is 6.18 Å². The molecule has 1 aliphatic carbocycles. The lowest BCUT2D eigenvalue weighted by Gasteiger charge is -2.15. The molecule has 0 amide bonds. The smallest absolute Gasteiger partial charge is 0.373 e. The van der Waals surface area contributed by atoms with Crippen molar-refractivity contribution >= 4 is 11.6 Å². The Morgan fingerprint density at radius 3 is 2.29 bits per heavy atom. The van der Waals surface area contributed by atoms with Crippen LogP contribution in [-0.4, -0.2) is 22.6 Å². The fourth-order valence-electron chi connectivity index (χ4n) is 1.39. The molecule has 0 unspecified atom stereocenters. The van der Waals surface area contributed by atoms with Crippen LogP contribution in [0.4, 0.5) is 24.8 Å². The minimum Gasteiger partial charge on any atom is -0.373 e. The summed E-state index contributed by atoms with van der Waals surface area (Å²) < 4.78 is 37.7. The first-order valence-electron chi connectivity index (χ1n) is 5.25. The van der Waals surface area contributed by atoms with Gasteiger partial charge in [-0.3, -0.25) is 0 Å². The maximum Gasteiger partial charge on any atom is 0.451 e. The van der Waals surface area contributed by atoms with Gasteiger partial charge in [0, 0.05) is 18.7 Å². The highest BCUT2D eigenvalue weighted by Gasteiger charge is 2.39. The van der Waals surface area contributed by atoms with Crippen LogP contribution in [0.1, 0.15) is 25.6 Å². The predicted molar refractivity (Wildman–Crippen MR) is 57.8 cm³/mol. The Morgan fingerprint density at radius 2 is 1.82 bits per heavy atom. The van der Waals surface area contributed by atoms with E-state index < -0.39 is 12.0 Å². The number of nitrogens with zero attached hydrogens (tertiary/aromatic N) is 2. The van der Waals surface area contributed by atoms with Crippen LogP contribution >= 0.6 is 0 Å². The zero-order valence-electron chi connectivity index (χ0n) is 9.52. The van der Waals surface area contributed by atoms with Gasteiger partial charge < -0.3 is 10.6 Å². The molecule has 0 spiro atoms. The van der Waals surface area contributed by atoms with E-state index in [9.17, 15) is 13.2 Å². The molecule has 4 nitrogen and oxygen atoms in total. The average molecular weight is 246 g/mol. The average Bonchev–Trinajstić information content (AvgIpc) is 2.94. The number of hydrogen-bond donors (Lipinski definition) is 2. The SMILES string of the molecule is CNc1cc(NC2(C)CC2)nc(C(F)(F)F)n1. The van der Waals surface area contributed by atoms with Crippen molar-refractivity contribution in [1.82, 2.24) is 9.97 Å². The van der Waals surface area contributed by atoms with Crippen molar-refractivity contribution in [1.29, 1.82) is 0 Å². The van der Waals surface area contributed by atoms with Gasteiger partial charge in [0.25, 0.3) is 0 Å². The Labute approximate surface area is 96.7 Å². The van der Waals surface area contributed by atoms with Gasteiger partial charge in [-0.1, -0.05) is 0 Å². The molecule has 1 aliphatic rings. The summed E-state index contributed by atoms with van der Waals surface area (Å²) >= 11 is 0. The normalized spacial score (nSPS) is 17.7. The second-order valence-electron chi connectivity index (χ2n) is 4.40. The second-order valence-corrected chi connectivity index (χ2v) is 4.40. The molecule has 1 aromatic rings. The number of nitrogens with one attached hydrogen (secondary N) is 2. The molecule has 2 N–H and O–H groups in total. The first-order valence-corrected chi connectivity index (χ1v) is 5.25. The Hall–Kier alpha value is -1.53. The fraction of sp³-hybridized carbons (Fsp3) is 0.600. The van der Waals surface area contributed by atoms with Crippen LogP contribution < -0.4 is 10.6 Å². The molecule has 0 radical (unpaired) electrons. The molecule has 7 heteroatoms. The largest absolute Gasteiger partial charge is 0.451 e. The highest BCUT2D eigenvalue weighted by atomic mass is 19.4. The summed E-state index contributed by atoms with van der Waals surface area (Å²) in [7, 11) is 1.52. The van der Waals surface area contributed by atoms with Crippen molar-refractivity contribution in [2.45, 2.75) is 31.5 Å². The summed E-state index contributed by atoms with van der Waals surface area (Å²) in [6.45, 7) is 1.95. The third-order valence-electron chi connectivity index (χ3n) is 2.67. The zero-order chi connectivity index (χ0) is 12.7. The third-order valence-corrected chi connectivity index (χ3v) is 2.67. The number of rotatable bonds is 3. The molecule has 0 aromatic carbocycles. The minimum absolute atomic E-state index is 0.123. The molecule has 1 fully saturated rings. The predicted octanol–water partition coefficient (Wildman–Crippen LogP) is 2.50. The molecule has 17 heavy (non-hydrogen) atoms. The van der Waals surface area contributed by atoms with E-state index in [1.165, 1.54) is 13.1 Å². The first kappa shape index (κ1) is 11.9. The summed E-state index contributed by atoms with van der Waals surface area (Å²) in [5, 5.41) is 5.58. The standard InChI is InChI=1S/C10H13F3N4/c1-9(3-4-9)17-7-5-6(14-2)15-8(16-7)10(11,12)13/h5H,3-4H2,1-2H3,(H2,14,15,16,17). The van der Waals surface area contributed by atoms with E-state index in [0.717, 1.165) is 12.8 Å². The summed E-state index contributed by atoms with van der Waals surface area (Å²) in [6.07, 6.45) is -2.66. The zero-order valence-corrected chi connectivity index (χ0v) is 9.52. The lowest BCUT2D eigenvalue weighted by molar-refractivity contribution is -0.144. The van der Waals surface area contributed by atoms with Gasteiger partial charge in [-0.2, -0.15) is 13.2 Å². The molecule has 1 heterocycles. The molecule has 94 valence electrons. The highest BCUT2D eigenvalue weighted by Crippen LogP contribution is 2.38. The van der Waals surface area contributed by atoms with E-state index in [-0.39, 0.29) is 17.2 Å². The van der Waals surface area contributed by atoms with E-state index in [1.807, 2.05) is 6.92 Å². The van der Waals surface area contributed by atoms with Crippen molar-refractivity contribution in [3.8, 4) is 0 Å². The molecule has 0 aliphatic heterocycles. The number of halogens is 3. The van der Waals surface area contributed by atoms with Crippen LogP contribution in [0.25, 0.3) is 0 Å². The highest BCUT2D eigenvalue weighted by molar-refractivity contribution is 5.49. The molecule has 1 saturated carbocycles. The van der Waals surface area contributed by atoms with Gasteiger partial charge in [-0.25, -0.2) is 9.97 Å². The van der Waals surface area contributed by atoms with E-state index in [0.29, 0.717) is 0 Å². The van der Waals surface area contributed by atoms with Crippen molar-refractivity contribution in [3.05, 3.63) is 11.9 Å². The van der Waals surface area contributed by atoms with Crippen LogP contribution in [0.3, 0.4) is 0 Å². The van der Waals surface area contributed by atoms with Crippen molar-refractivity contribution < 1.29 is 13.2 Å². The Bertz CT molecular complexity index is 426. The van der Waals surface area contributed by atoms with E-state index in [1.54, 1.807) is 0 Å². The third kappa shape index (κ3) is 2.78. The van der Waals surface area contributed by atoms with Gasteiger partial charge >= 0.3 is 6.18 Å². The molecule has 0 saturated heterocycles. The van der Waals surface area contributed by atoms with E-state index >= 15 is 0 Å². The van der Waals surface area contributed by atoms with Crippen LogP contribution in [0.5, 0.6) is 0 Å². The monoisotopic (exact) mass is 246 g/mol. The maximum atomic E-state index is 12.6. The Morgan fingerprint density at radius 1 is 1.24 bits per heavy atom. The van der Waals surface area contributed by atoms with Gasteiger partial charge in [0.2, 0.25) is 5.82 Å².